The standard InChI is InChI=1S/C15H25N3O3/c19-13(20)10-15(5-2-6-15)17-14(21)16-11-4-8-18-7-1-3-12(18)9-11/h11-12H,1-10H2,(H,19,20)(H2,16,17,21). The SMILES string of the molecule is O=C(O)CC1(NC(=O)NC2CCN3CCCC3C2)CCC1. The number of urea groups is 1. The summed E-state index contributed by atoms with van der Waals surface area (Å²) >= 11 is 0. The Labute approximate surface area is 125 Å². The van der Waals surface area contributed by atoms with E-state index in [9.17, 15) is 9.59 Å². The second-order valence-electron chi connectivity index (χ2n) is 6.86. The summed E-state index contributed by atoms with van der Waals surface area (Å²) in [5, 5.41) is 15.0. The molecule has 2 amide bonds. The van der Waals surface area contributed by atoms with Crippen LogP contribution in [0.15, 0.2) is 0 Å². The van der Waals surface area contributed by atoms with E-state index in [1.54, 1.807) is 0 Å². The highest BCUT2D eigenvalue weighted by atomic mass is 16.4. The van der Waals surface area contributed by atoms with Crippen molar-refractivity contribution in [2.75, 3.05) is 13.1 Å². The minimum Gasteiger partial charge on any atom is -0.481 e. The molecule has 2 atom stereocenters. The molecule has 118 valence electrons. The van der Waals surface area contributed by atoms with Crippen LogP contribution in [0.25, 0.3) is 0 Å². The van der Waals surface area contributed by atoms with Crippen LogP contribution in [0.4, 0.5) is 4.79 Å². The third kappa shape index (κ3) is 3.31. The summed E-state index contributed by atoms with van der Waals surface area (Å²) in [5.74, 6) is -0.839. The van der Waals surface area contributed by atoms with Gasteiger partial charge < -0.3 is 20.6 Å². The van der Waals surface area contributed by atoms with E-state index in [1.807, 2.05) is 0 Å². The third-order valence-electron chi connectivity index (χ3n) is 5.33. The van der Waals surface area contributed by atoms with Crippen LogP contribution in [0.3, 0.4) is 0 Å². The average Bonchev–Trinajstić information content (AvgIpc) is 2.82. The van der Waals surface area contributed by atoms with E-state index < -0.39 is 11.5 Å². The topological polar surface area (TPSA) is 81.7 Å². The van der Waals surface area contributed by atoms with Gasteiger partial charge in [0.25, 0.3) is 0 Å². The summed E-state index contributed by atoms with van der Waals surface area (Å²) in [7, 11) is 0. The highest BCUT2D eigenvalue weighted by Crippen LogP contribution is 2.35. The number of hydrogen-bond acceptors (Lipinski definition) is 3. The van der Waals surface area contributed by atoms with Crippen molar-refractivity contribution in [2.45, 2.75) is 69.0 Å². The minimum absolute atomic E-state index is 0.0293. The van der Waals surface area contributed by atoms with Gasteiger partial charge in [-0.25, -0.2) is 4.79 Å². The number of nitrogens with zero attached hydrogens (tertiary/aromatic N) is 1. The van der Waals surface area contributed by atoms with Crippen molar-refractivity contribution in [2.24, 2.45) is 0 Å². The molecule has 3 rings (SSSR count). The number of carboxylic acids is 1. The van der Waals surface area contributed by atoms with Crippen molar-refractivity contribution in [1.82, 2.24) is 15.5 Å². The number of aliphatic carboxylic acids is 1. The zero-order valence-electron chi connectivity index (χ0n) is 12.4. The molecule has 3 fully saturated rings. The van der Waals surface area contributed by atoms with Gasteiger partial charge in [-0.3, -0.25) is 4.79 Å². The Morgan fingerprint density at radius 3 is 2.67 bits per heavy atom. The molecule has 1 aliphatic carbocycles. The largest absolute Gasteiger partial charge is 0.481 e. The second kappa shape index (κ2) is 5.83. The number of rotatable bonds is 4. The Balaban J connectivity index is 1.48. The van der Waals surface area contributed by atoms with Crippen LogP contribution in [0.5, 0.6) is 0 Å². The maximum Gasteiger partial charge on any atom is 0.315 e. The van der Waals surface area contributed by atoms with Gasteiger partial charge in [-0.2, -0.15) is 0 Å². The smallest absolute Gasteiger partial charge is 0.315 e. The molecule has 0 aromatic carbocycles. The number of carbonyl (C=O) groups is 2. The molecule has 3 aliphatic rings. The van der Waals surface area contributed by atoms with E-state index in [0.717, 1.165) is 38.6 Å². The maximum absolute atomic E-state index is 12.2. The van der Waals surface area contributed by atoms with Crippen LogP contribution < -0.4 is 10.6 Å². The van der Waals surface area contributed by atoms with E-state index in [1.165, 1.54) is 19.4 Å². The van der Waals surface area contributed by atoms with Gasteiger partial charge in [-0.15, -0.1) is 0 Å². The number of hydrogen-bond donors (Lipinski definition) is 3. The Kier molecular flexibility index (Phi) is 4.06. The van der Waals surface area contributed by atoms with Gasteiger partial charge in [0, 0.05) is 18.6 Å². The van der Waals surface area contributed by atoms with E-state index in [2.05, 4.69) is 15.5 Å². The summed E-state index contributed by atoms with van der Waals surface area (Å²) in [6, 6.07) is 0.666. The van der Waals surface area contributed by atoms with Crippen LogP contribution in [0.1, 0.15) is 51.4 Å². The average molecular weight is 295 g/mol. The Morgan fingerprint density at radius 2 is 2.00 bits per heavy atom. The number of amides is 2. The van der Waals surface area contributed by atoms with Crippen LogP contribution in [-0.4, -0.2) is 52.7 Å². The van der Waals surface area contributed by atoms with Gasteiger partial charge in [0.1, 0.15) is 0 Å². The molecule has 0 aromatic heterocycles. The summed E-state index contributed by atoms with van der Waals surface area (Å²) < 4.78 is 0. The van der Waals surface area contributed by atoms with Gasteiger partial charge in [-0.1, -0.05) is 0 Å². The normalized spacial score (nSPS) is 31.0. The summed E-state index contributed by atoms with van der Waals surface area (Å²) in [5.41, 5.74) is -0.510. The van der Waals surface area contributed by atoms with E-state index in [0.29, 0.717) is 6.04 Å². The monoisotopic (exact) mass is 295 g/mol. The molecule has 2 aliphatic heterocycles. The van der Waals surface area contributed by atoms with Crippen molar-refractivity contribution in [3.8, 4) is 0 Å². The molecule has 0 bridgehead atoms. The lowest BCUT2D eigenvalue weighted by Gasteiger charge is -2.42. The number of fused-ring (bicyclic) bond motifs is 1. The first-order valence-electron chi connectivity index (χ1n) is 8.11. The lowest BCUT2D eigenvalue weighted by Crippen LogP contribution is -2.59. The van der Waals surface area contributed by atoms with Crippen molar-refractivity contribution in [1.29, 1.82) is 0 Å². The molecular formula is C15H25N3O3. The highest BCUT2D eigenvalue weighted by molar-refractivity contribution is 5.77. The fourth-order valence-electron chi connectivity index (χ4n) is 4.06. The number of nitrogens with one attached hydrogen (secondary N) is 2. The maximum atomic E-state index is 12.2. The zero-order chi connectivity index (χ0) is 14.9. The summed E-state index contributed by atoms with van der Waals surface area (Å²) in [6.45, 7) is 2.27. The van der Waals surface area contributed by atoms with Crippen LogP contribution in [-0.2, 0) is 4.79 Å². The number of carboxylic acid groups (broad SMARTS) is 1. The molecule has 2 unspecified atom stereocenters. The first-order chi connectivity index (χ1) is 10.1. The Morgan fingerprint density at radius 1 is 1.19 bits per heavy atom. The van der Waals surface area contributed by atoms with Crippen molar-refractivity contribution < 1.29 is 14.7 Å². The van der Waals surface area contributed by atoms with Crippen molar-refractivity contribution >= 4 is 12.0 Å². The lowest BCUT2D eigenvalue weighted by atomic mass is 9.74. The van der Waals surface area contributed by atoms with Gasteiger partial charge in [0.05, 0.1) is 12.0 Å². The molecule has 2 saturated heterocycles. The first-order valence-corrected chi connectivity index (χ1v) is 8.11. The van der Waals surface area contributed by atoms with E-state index in [4.69, 9.17) is 5.11 Å². The summed E-state index contributed by atoms with van der Waals surface area (Å²) in [6.07, 6.45) is 7.10. The fraction of sp³-hybridized carbons (Fsp3) is 0.867. The summed E-state index contributed by atoms with van der Waals surface area (Å²) in [4.78, 5) is 25.6. The minimum atomic E-state index is -0.839. The Hall–Kier alpha value is -1.30. The lowest BCUT2D eigenvalue weighted by molar-refractivity contribution is -0.139. The predicted octanol–water partition coefficient (Wildman–Crippen LogP) is 1.31. The second-order valence-corrected chi connectivity index (χ2v) is 6.86. The molecule has 1 saturated carbocycles. The highest BCUT2D eigenvalue weighted by Gasteiger charge is 2.41. The molecule has 3 N–H and O–H groups in total. The van der Waals surface area contributed by atoms with Crippen molar-refractivity contribution in [3.05, 3.63) is 0 Å². The number of carbonyl (C=O) groups excluding carboxylic acids is 1. The molecule has 2 heterocycles. The van der Waals surface area contributed by atoms with Gasteiger partial charge in [-0.05, 0) is 51.5 Å². The van der Waals surface area contributed by atoms with Gasteiger partial charge in [0.15, 0.2) is 0 Å². The molecule has 21 heavy (non-hydrogen) atoms. The van der Waals surface area contributed by atoms with Crippen LogP contribution >= 0.6 is 0 Å². The van der Waals surface area contributed by atoms with E-state index in [-0.39, 0.29) is 18.5 Å². The van der Waals surface area contributed by atoms with Crippen LogP contribution in [0, 0.1) is 0 Å². The van der Waals surface area contributed by atoms with Crippen molar-refractivity contribution in [3.63, 3.8) is 0 Å². The molecule has 6 nitrogen and oxygen atoms in total. The fourth-order valence-corrected chi connectivity index (χ4v) is 4.06. The third-order valence-corrected chi connectivity index (χ3v) is 5.33. The predicted molar refractivity (Wildman–Crippen MR) is 78.1 cm³/mol. The molecule has 0 aromatic rings. The first kappa shape index (κ1) is 14.6. The van der Waals surface area contributed by atoms with Crippen LogP contribution in [0.2, 0.25) is 0 Å². The van der Waals surface area contributed by atoms with Gasteiger partial charge >= 0.3 is 12.0 Å². The molecular weight excluding hydrogens is 270 g/mol. The molecule has 0 spiro atoms. The molecule has 6 heteroatoms. The van der Waals surface area contributed by atoms with E-state index >= 15 is 0 Å². The molecule has 0 radical (unpaired) electrons. The number of piperidine rings is 1. The van der Waals surface area contributed by atoms with Gasteiger partial charge in [0.2, 0.25) is 0 Å². The zero-order valence-corrected chi connectivity index (χ0v) is 12.4. The Bertz CT molecular complexity index is 422. The quantitative estimate of drug-likeness (QED) is 0.730.